The number of hydrogen-bond acceptors (Lipinski definition) is 1. The molecule has 0 spiro atoms. The van der Waals surface area contributed by atoms with Crippen molar-refractivity contribution < 1.29 is 0 Å². The highest BCUT2D eigenvalue weighted by Gasteiger charge is 2.35. The molecule has 0 bridgehead atoms. The molecule has 1 heterocycles. The highest BCUT2D eigenvalue weighted by atomic mass is 15.1. The molecule has 0 aliphatic heterocycles. The van der Waals surface area contributed by atoms with E-state index in [2.05, 4.69) is 242 Å². The molecule has 1 aliphatic rings. The lowest BCUT2D eigenvalue weighted by Crippen LogP contribution is -2.16. The number of rotatable bonds is 6. The molecule has 0 saturated carbocycles. The van der Waals surface area contributed by atoms with Crippen LogP contribution in [0.15, 0.2) is 218 Å². The van der Waals surface area contributed by atoms with Crippen LogP contribution in [-0.2, 0) is 5.41 Å². The molecule has 0 radical (unpaired) electrons. The molecule has 0 atom stereocenters. The monoisotopic (exact) mass is 778 g/mol. The number of benzene rings is 10. The second-order valence-electron chi connectivity index (χ2n) is 16.9. The van der Waals surface area contributed by atoms with Gasteiger partial charge in [0.05, 0.1) is 11.0 Å². The number of nitrogens with zero attached hydrogens (tertiary/aromatic N) is 2. The zero-order valence-corrected chi connectivity index (χ0v) is 34.2. The Morgan fingerprint density at radius 3 is 1.92 bits per heavy atom. The van der Waals surface area contributed by atoms with Crippen molar-refractivity contribution in [3.63, 3.8) is 0 Å². The van der Waals surface area contributed by atoms with Gasteiger partial charge in [-0.3, -0.25) is 0 Å². The average molecular weight is 779 g/mol. The average Bonchev–Trinajstić information content (AvgIpc) is 3.77. The zero-order valence-electron chi connectivity index (χ0n) is 34.2. The lowest BCUT2D eigenvalue weighted by atomic mass is 9.82. The van der Waals surface area contributed by atoms with Gasteiger partial charge in [0, 0.05) is 38.9 Å². The zero-order chi connectivity index (χ0) is 40.7. The van der Waals surface area contributed by atoms with Crippen molar-refractivity contribution in [2.75, 3.05) is 4.90 Å². The quantitative estimate of drug-likeness (QED) is 0.163. The predicted octanol–water partition coefficient (Wildman–Crippen LogP) is 16.2. The van der Waals surface area contributed by atoms with Crippen LogP contribution in [0.2, 0.25) is 0 Å². The van der Waals surface area contributed by atoms with Crippen LogP contribution in [0.4, 0.5) is 17.1 Å². The summed E-state index contributed by atoms with van der Waals surface area (Å²) >= 11 is 0. The first-order valence-electron chi connectivity index (χ1n) is 21.3. The van der Waals surface area contributed by atoms with Gasteiger partial charge in [0.25, 0.3) is 0 Å². The Morgan fingerprint density at radius 2 is 1.02 bits per heavy atom. The van der Waals surface area contributed by atoms with Gasteiger partial charge >= 0.3 is 0 Å². The Balaban J connectivity index is 1.07. The van der Waals surface area contributed by atoms with E-state index in [-0.39, 0.29) is 5.41 Å². The number of hydrogen-bond donors (Lipinski definition) is 0. The number of fused-ring (bicyclic) bond motifs is 9. The fourth-order valence-electron chi connectivity index (χ4n) is 10.2. The SMILES string of the molecule is CC1(C)c2ccccc2-c2ccc(N(c3cccc(-c4ccccc4)c3)c3cccc(-n4c5ccccc5c5c6c(-c7ccc8ccccc8c7)cccc6ccc54)c3)cc21. The van der Waals surface area contributed by atoms with E-state index in [1.54, 1.807) is 0 Å². The van der Waals surface area contributed by atoms with Gasteiger partial charge in [-0.25, -0.2) is 0 Å². The third-order valence-corrected chi connectivity index (χ3v) is 13.1. The Kier molecular flexibility index (Phi) is 7.92. The number of anilines is 3. The first kappa shape index (κ1) is 35.3. The summed E-state index contributed by atoms with van der Waals surface area (Å²) in [5.74, 6) is 0. The summed E-state index contributed by atoms with van der Waals surface area (Å²) in [6, 6.07) is 80.5. The summed E-state index contributed by atoms with van der Waals surface area (Å²) in [5.41, 5.74) is 16.9. The molecule has 288 valence electrons. The van der Waals surface area contributed by atoms with Crippen molar-refractivity contribution in [1.29, 1.82) is 0 Å². The van der Waals surface area contributed by atoms with E-state index in [9.17, 15) is 0 Å². The maximum absolute atomic E-state index is 2.46. The van der Waals surface area contributed by atoms with Crippen molar-refractivity contribution >= 4 is 60.4 Å². The fourth-order valence-corrected chi connectivity index (χ4v) is 10.2. The van der Waals surface area contributed by atoms with Gasteiger partial charge in [-0.15, -0.1) is 0 Å². The van der Waals surface area contributed by atoms with Crippen molar-refractivity contribution in [1.82, 2.24) is 4.57 Å². The van der Waals surface area contributed by atoms with Crippen LogP contribution in [0.1, 0.15) is 25.0 Å². The van der Waals surface area contributed by atoms with Crippen LogP contribution in [0, 0.1) is 0 Å². The van der Waals surface area contributed by atoms with Gasteiger partial charge in [0.15, 0.2) is 0 Å². The molecule has 11 aromatic rings. The van der Waals surface area contributed by atoms with E-state index < -0.39 is 0 Å². The van der Waals surface area contributed by atoms with Gasteiger partial charge in [0.2, 0.25) is 0 Å². The van der Waals surface area contributed by atoms with Crippen LogP contribution in [0.25, 0.3) is 82.4 Å². The van der Waals surface area contributed by atoms with Crippen LogP contribution in [-0.4, -0.2) is 4.57 Å². The van der Waals surface area contributed by atoms with Crippen LogP contribution < -0.4 is 4.90 Å². The minimum Gasteiger partial charge on any atom is -0.310 e. The maximum Gasteiger partial charge on any atom is 0.0547 e. The van der Waals surface area contributed by atoms with E-state index in [1.807, 2.05) is 0 Å². The first-order valence-corrected chi connectivity index (χ1v) is 21.3. The standard InChI is InChI=1S/C59H42N2/c1-59(2)53-27-10-8-24-50(53)51-33-32-48(38-54(51)59)60(45-21-12-20-43(36-45)39-15-4-3-5-16-39)46-22-14-23-47(37-46)61-55-28-11-9-25-52(55)58-56(61)34-31-41-19-13-26-49(57(41)58)44-30-29-40-17-6-7-18-42(40)35-44/h3-38H,1-2H3. The van der Waals surface area contributed by atoms with Crippen molar-refractivity contribution in [3.05, 3.63) is 230 Å². The number of para-hydroxylation sites is 1. The molecule has 1 aromatic heterocycles. The van der Waals surface area contributed by atoms with Crippen LogP contribution in [0.5, 0.6) is 0 Å². The summed E-state index contributed by atoms with van der Waals surface area (Å²) in [5, 5.41) is 7.54. The van der Waals surface area contributed by atoms with E-state index >= 15 is 0 Å². The predicted molar refractivity (Wildman–Crippen MR) is 259 cm³/mol. The third-order valence-electron chi connectivity index (χ3n) is 13.1. The molecule has 1 aliphatic carbocycles. The summed E-state index contributed by atoms with van der Waals surface area (Å²) in [6.45, 7) is 4.72. The molecular formula is C59H42N2. The Bertz CT molecular complexity index is 3520. The van der Waals surface area contributed by atoms with Crippen molar-refractivity contribution in [3.8, 4) is 39.1 Å². The van der Waals surface area contributed by atoms with E-state index in [0.29, 0.717) is 0 Å². The molecule has 0 amide bonds. The highest BCUT2D eigenvalue weighted by molar-refractivity contribution is 6.25. The fraction of sp³-hybridized carbons (Fsp3) is 0.0508. The van der Waals surface area contributed by atoms with Gasteiger partial charge < -0.3 is 9.47 Å². The molecule has 0 saturated heterocycles. The van der Waals surface area contributed by atoms with Gasteiger partial charge in [0.1, 0.15) is 0 Å². The lowest BCUT2D eigenvalue weighted by molar-refractivity contribution is 0.660. The molecule has 61 heavy (non-hydrogen) atoms. The van der Waals surface area contributed by atoms with Gasteiger partial charge in [-0.2, -0.15) is 0 Å². The summed E-state index contributed by atoms with van der Waals surface area (Å²) in [4.78, 5) is 2.44. The van der Waals surface area contributed by atoms with Crippen molar-refractivity contribution in [2.45, 2.75) is 19.3 Å². The van der Waals surface area contributed by atoms with Gasteiger partial charge in [-0.05, 0) is 127 Å². The molecule has 12 rings (SSSR count). The topological polar surface area (TPSA) is 8.17 Å². The minimum atomic E-state index is -0.126. The van der Waals surface area contributed by atoms with Crippen molar-refractivity contribution in [2.24, 2.45) is 0 Å². The largest absolute Gasteiger partial charge is 0.310 e. The van der Waals surface area contributed by atoms with E-state index in [4.69, 9.17) is 0 Å². The second-order valence-corrected chi connectivity index (χ2v) is 16.9. The minimum absolute atomic E-state index is 0.126. The van der Waals surface area contributed by atoms with E-state index in [1.165, 1.54) is 87.9 Å². The molecule has 0 N–H and O–H groups in total. The van der Waals surface area contributed by atoms with Gasteiger partial charge in [-0.1, -0.05) is 172 Å². The second kappa shape index (κ2) is 13.7. The Hall–Kier alpha value is -7.68. The summed E-state index contributed by atoms with van der Waals surface area (Å²) in [7, 11) is 0. The molecule has 2 heteroatoms. The number of aromatic nitrogens is 1. The first-order chi connectivity index (χ1) is 30.0. The smallest absolute Gasteiger partial charge is 0.0547 e. The molecule has 0 fully saturated rings. The maximum atomic E-state index is 2.46. The summed E-state index contributed by atoms with van der Waals surface area (Å²) < 4.78 is 2.46. The third kappa shape index (κ3) is 5.56. The molecule has 0 unspecified atom stereocenters. The normalized spacial score (nSPS) is 12.9. The Morgan fingerprint density at radius 1 is 0.361 bits per heavy atom. The van der Waals surface area contributed by atoms with Crippen LogP contribution in [0.3, 0.4) is 0 Å². The summed E-state index contributed by atoms with van der Waals surface area (Å²) in [6.07, 6.45) is 0. The van der Waals surface area contributed by atoms with E-state index in [0.717, 1.165) is 22.7 Å². The lowest BCUT2D eigenvalue weighted by Gasteiger charge is -2.29. The molecule has 2 nitrogen and oxygen atoms in total. The molecule has 10 aromatic carbocycles. The Labute approximate surface area is 356 Å². The molecular weight excluding hydrogens is 737 g/mol. The van der Waals surface area contributed by atoms with Crippen LogP contribution >= 0.6 is 0 Å². The highest BCUT2D eigenvalue weighted by Crippen LogP contribution is 2.51.